The third-order valence-corrected chi connectivity index (χ3v) is 5.15. The molecule has 4 rings (SSSR count). The molecular weight excluding hydrogens is 298 g/mol. The minimum Gasteiger partial charge on any atom is -0.342 e. The van der Waals surface area contributed by atoms with Gasteiger partial charge in [-0.25, -0.2) is 9.97 Å². The lowest BCUT2D eigenvalue weighted by Crippen LogP contribution is -2.29. The van der Waals surface area contributed by atoms with Gasteiger partial charge in [-0.2, -0.15) is 0 Å². The van der Waals surface area contributed by atoms with Crippen LogP contribution in [0.15, 0.2) is 42.7 Å². The zero-order valence-electron chi connectivity index (χ0n) is 13.6. The molecule has 1 aromatic heterocycles. The van der Waals surface area contributed by atoms with Crippen LogP contribution in [-0.2, 0) is 4.79 Å². The van der Waals surface area contributed by atoms with Crippen molar-refractivity contribution in [2.24, 2.45) is 5.92 Å². The SMILES string of the molecule is CN1C(=O)[C@@H](c2ncc(C#Cc3ccccc3)cn2)[C@@H]2CCC[C@@H]21. The highest BCUT2D eigenvalue weighted by Gasteiger charge is 2.50. The van der Waals surface area contributed by atoms with E-state index in [1.807, 2.05) is 42.3 Å². The van der Waals surface area contributed by atoms with Crippen LogP contribution in [-0.4, -0.2) is 33.9 Å². The Labute approximate surface area is 141 Å². The van der Waals surface area contributed by atoms with Crippen molar-refractivity contribution < 1.29 is 4.79 Å². The van der Waals surface area contributed by atoms with E-state index >= 15 is 0 Å². The molecular formula is C20H19N3O. The first-order chi connectivity index (χ1) is 11.7. The van der Waals surface area contributed by atoms with Gasteiger partial charge in [-0.3, -0.25) is 4.79 Å². The first-order valence-corrected chi connectivity index (χ1v) is 8.40. The van der Waals surface area contributed by atoms with Gasteiger partial charge in [-0.05, 0) is 30.9 Å². The van der Waals surface area contributed by atoms with Crippen molar-refractivity contribution in [3.63, 3.8) is 0 Å². The van der Waals surface area contributed by atoms with Crippen LogP contribution in [0.25, 0.3) is 0 Å². The Balaban J connectivity index is 1.56. The number of hydrogen-bond acceptors (Lipinski definition) is 3. The van der Waals surface area contributed by atoms with Crippen LogP contribution in [0.1, 0.15) is 42.1 Å². The van der Waals surface area contributed by atoms with Gasteiger partial charge in [-0.1, -0.05) is 36.5 Å². The number of likely N-dealkylation sites (tertiary alicyclic amines) is 1. The Morgan fingerprint density at radius 3 is 2.50 bits per heavy atom. The van der Waals surface area contributed by atoms with E-state index in [1.165, 1.54) is 6.42 Å². The van der Waals surface area contributed by atoms with Gasteiger partial charge in [0.1, 0.15) is 11.7 Å². The molecule has 0 radical (unpaired) electrons. The third-order valence-electron chi connectivity index (χ3n) is 5.15. The van der Waals surface area contributed by atoms with Gasteiger partial charge < -0.3 is 4.90 Å². The van der Waals surface area contributed by atoms with E-state index in [9.17, 15) is 4.79 Å². The number of likely N-dealkylation sites (N-methyl/N-ethyl adjacent to an activating group) is 1. The molecule has 4 heteroatoms. The maximum Gasteiger partial charge on any atom is 0.233 e. The zero-order valence-corrected chi connectivity index (χ0v) is 13.6. The van der Waals surface area contributed by atoms with E-state index in [1.54, 1.807) is 12.4 Å². The van der Waals surface area contributed by atoms with Crippen LogP contribution in [0.3, 0.4) is 0 Å². The molecule has 1 saturated heterocycles. The summed E-state index contributed by atoms with van der Waals surface area (Å²) in [6.45, 7) is 0. The van der Waals surface area contributed by atoms with Crippen molar-refractivity contribution in [1.29, 1.82) is 0 Å². The number of fused-ring (bicyclic) bond motifs is 1. The van der Waals surface area contributed by atoms with Crippen molar-refractivity contribution in [3.05, 3.63) is 59.7 Å². The molecule has 0 bridgehead atoms. The summed E-state index contributed by atoms with van der Waals surface area (Å²) >= 11 is 0. The summed E-state index contributed by atoms with van der Waals surface area (Å²) in [5.74, 6) is 7.16. The van der Waals surface area contributed by atoms with Crippen molar-refractivity contribution in [3.8, 4) is 11.8 Å². The average molecular weight is 317 g/mol. The van der Waals surface area contributed by atoms with Gasteiger partial charge in [-0.15, -0.1) is 0 Å². The van der Waals surface area contributed by atoms with Crippen LogP contribution in [0.2, 0.25) is 0 Å². The highest BCUT2D eigenvalue weighted by molar-refractivity contribution is 5.86. The van der Waals surface area contributed by atoms with Crippen molar-refractivity contribution >= 4 is 5.91 Å². The van der Waals surface area contributed by atoms with Crippen LogP contribution in [0.5, 0.6) is 0 Å². The lowest BCUT2D eigenvalue weighted by atomic mass is 9.91. The molecule has 1 aliphatic carbocycles. The van der Waals surface area contributed by atoms with E-state index in [2.05, 4.69) is 21.8 Å². The number of amides is 1. The quantitative estimate of drug-likeness (QED) is 0.760. The van der Waals surface area contributed by atoms with Crippen LogP contribution in [0.4, 0.5) is 0 Å². The number of nitrogens with zero attached hydrogens (tertiary/aromatic N) is 3. The number of hydrogen-bond donors (Lipinski definition) is 0. The zero-order chi connectivity index (χ0) is 16.5. The first kappa shape index (κ1) is 14.9. The van der Waals surface area contributed by atoms with Gasteiger partial charge in [0.15, 0.2) is 0 Å². The maximum atomic E-state index is 12.5. The number of aromatic nitrogens is 2. The molecule has 24 heavy (non-hydrogen) atoms. The monoisotopic (exact) mass is 317 g/mol. The van der Waals surface area contributed by atoms with Gasteiger partial charge in [0.25, 0.3) is 0 Å². The number of carbonyl (C=O) groups is 1. The van der Waals surface area contributed by atoms with E-state index in [4.69, 9.17) is 0 Å². The molecule has 1 aliphatic heterocycles. The minimum absolute atomic E-state index is 0.160. The summed E-state index contributed by atoms with van der Waals surface area (Å²) in [6, 6.07) is 10.2. The Hall–Kier alpha value is -2.67. The van der Waals surface area contributed by atoms with Crippen molar-refractivity contribution in [2.75, 3.05) is 7.05 Å². The van der Waals surface area contributed by atoms with Gasteiger partial charge in [0, 0.05) is 31.0 Å². The van der Waals surface area contributed by atoms with Crippen molar-refractivity contribution in [1.82, 2.24) is 14.9 Å². The fraction of sp³-hybridized carbons (Fsp3) is 0.350. The molecule has 0 N–H and O–H groups in total. The van der Waals surface area contributed by atoms with Crippen molar-refractivity contribution in [2.45, 2.75) is 31.2 Å². The summed E-state index contributed by atoms with van der Waals surface area (Å²) in [6.07, 6.45) is 6.83. The van der Waals surface area contributed by atoms with E-state index < -0.39 is 0 Å². The summed E-state index contributed by atoms with van der Waals surface area (Å²) in [7, 11) is 1.91. The summed E-state index contributed by atoms with van der Waals surface area (Å²) < 4.78 is 0. The summed E-state index contributed by atoms with van der Waals surface area (Å²) in [5.41, 5.74) is 1.73. The third kappa shape index (κ3) is 2.56. The Morgan fingerprint density at radius 1 is 1.04 bits per heavy atom. The topological polar surface area (TPSA) is 46.1 Å². The second-order valence-corrected chi connectivity index (χ2v) is 6.53. The summed E-state index contributed by atoms with van der Waals surface area (Å²) in [4.78, 5) is 23.3. The molecule has 4 nitrogen and oxygen atoms in total. The molecule has 2 aromatic rings. The van der Waals surface area contributed by atoms with Crippen LogP contribution < -0.4 is 0 Å². The molecule has 3 atom stereocenters. The fourth-order valence-electron chi connectivity index (χ4n) is 3.94. The number of benzene rings is 1. The standard InChI is InChI=1S/C20H19N3O/c1-23-17-9-5-8-16(17)18(20(23)24)19-21-12-15(13-22-19)11-10-14-6-3-2-4-7-14/h2-4,6-7,12-13,16-18H,5,8-9H2,1H3/t16-,17+,18-/m1/s1. The molecule has 120 valence electrons. The highest BCUT2D eigenvalue weighted by atomic mass is 16.2. The van der Waals surface area contributed by atoms with E-state index in [0.717, 1.165) is 24.0 Å². The second-order valence-electron chi connectivity index (χ2n) is 6.53. The highest BCUT2D eigenvalue weighted by Crippen LogP contribution is 2.45. The summed E-state index contributed by atoms with van der Waals surface area (Å²) in [5, 5.41) is 0. The predicted octanol–water partition coefficient (Wildman–Crippen LogP) is 2.60. The predicted molar refractivity (Wildman–Crippen MR) is 91.1 cm³/mol. The Kier molecular flexibility index (Phi) is 3.78. The lowest BCUT2D eigenvalue weighted by molar-refractivity contribution is -0.129. The molecule has 1 saturated carbocycles. The molecule has 0 unspecified atom stereocenters. The minimum atomic E-state index is -0.182. The first-order valence-electron chi connectivity index (χ1n) is 8.40. The van der Waals surface area contributed by atoms with Crippen LogP contribution >= 0.6 is 0 Å². The van der Waals surface area contributed by atoms with Gasteiger partial charge in [0.2, 0.25) is 5.91 Å². The maximum absolute atomic E-state index is 12.5. The second kappa shape index (κ2) is 6.09. The van der Waals surface area contributed by atoms with E-state index in [0.29, 0.717) is 17.8 Å². The Morgan fingerprint density at radius 2 is 1.75 bits per heavy atom. The van der Waals surface area contributed by atoms with Gasteiger partial charge >= 0.3 is 0 Å². The molecule has 2 heterocycles. The number of carbonyl (C=O) groups excluding carboxylic acids is 1. The normalized spacial score (nSPS) is 25.3. The fourth-order valence-corrected chi connectivity index (χ4v) is 3.94. The molecule has 0 spiro atoms. The largest absolute Gasteiger partial charge is 0.342 e. The van der Waals surface area contributed by atoms with Gasteiger partial charge in [0.05, 0.1) is 5.56 Å². The lowest BCUT2D eigenvalue weighted by Gasteiger charge is -2.17. The molecule has 1 amide bonds. The average Bonchev–Trinajstić information content (AvgIpc) is 3.18. The van der Waals surface area contributed by atoms with Crippen LogP contribution in [0, 0.1) is 17.8 Å². The Bertz CT molecular complexity index is 804. The van der Waals surface area contributed by atoms with E-state index in [-0.39, 0.29) is 11.8 Å². The smallest absolute Gasteiger partial charge is 0.233 e. The molecule has 2 fully saturated rings. The number of rotatable bonds is 1. The molecule has 1 aromatic carbocycles. The molecule has 2 aliphatic rings.